The third-order valence-corrected chi connectivity index (χ3v) is 2.22. The molecular weight excluding hydrogens is 294 g/mol. The van der Waals surface area contributed by atoms with E-state index in [2.05, 4.69) is 6.92 Å². The summed E-state index contributed by atoms with van der Waals surface area (Å²) in [6, 6.07) is 0. The monoisotopic (exact) mass is 309 g/mol. The molecule has 1 fully saturated rings. The van der Waals surface area contributed by atoms with Gasteiger partial charge in [0.15, 0.2) is 0 Å². The number of hydrogen-bond donors (Lipinski definition) is 1. The van der Waals surface area contributed by atoms with Crippen LogP contribution < -0.4 is 5.73 Å². The van der Waals surface area contributed by atoms with Crippen molar-refractivity contribution >= 4 is 0 Å². The molecule has 1 aliphatic rings. The summed E-state index contributed by atoms with van der Waals surface area (Å²) < 4.78 is 0. The third-order valence-electron chi connectivity index (χ3n) is 2.22. The summed E-state index contributed by atoms with van der Waals surface area (Å²) >= 11 is 0. The molecule has 0 radical (unpaired) electrons. The Hall–Kier alpha value is 0.648. The van der Waals surface area contributed by atoms with E-state index in [0.29, 0.717) is 5.41 Å². The number of rotatable bonds is 2. The summed E-state index contributed by atoms with van der Waals surface area (Å²) in [6.45, 7) is 5.90. The van der Waals surface area contributed by atoms with Crippen LogP contribution in [0.1, 0.15) is 32.1 Å². The zero-order valence-electron chi connectivity index (χ0n) is 6.31. The van der Waals surface area contributed by atoms with Gasteiger partial charge in [-0.2, -0.15) is 11.8 Å². The van der Waals surface area contributed by atoms with Crippen molar-refractivity contribution in [1.29, 1.82) is 0 Å². The Kier molecular flexibility index (Phi) is 4.80. The van der Waals surface area contributed by atoms with E-state index in [-0.39, 0.29) is 21.1 Å². The first kappa shape index (κ1) is 10.6. The Balaban J connectivity index is 0.000000810. The van der Waals surface area contributed by atoms with Gasteiger partial charge in [-0.1, -0.05) is 25.7 Å². The molecular formula is C8H15NW. The van der Waals surface area contributed by atoms with Crippen molar-refractivity contribution in [2.45, 2.75) is 32.1 Å². The molecule has 1 rings (SSSR count). The molecule has 0 aromatic rings. The molecule has 2 heteroatoms. The van der Waals surface area contributed by atoms with Gasteiger partial charge in [0.1, 0.15) is 0 Å². The van der Waals surface area contributed by atoms with Crippen molar-refractivity contribution in [3.05, 3.63) is 13.5 Å². The van der Waals surface area contributed by atoms with E-state index in [4.69, 9.17) is 5.73 Å². The molecule has 0 atom stereocenters. The van der Waals surface area contributed by atoms with Crippen molar-refractivity contribution in [3.63, 3.8) is 0 Å². The maximum atomic E-state index is 5.33. The zero-order chi connectivity index (χ0) is 6.74. The van der Waals surface area contributed by atoms with Gasteiger partial charge in [0, 0.05) is 0 Å². The maximum Gasteiger partial charge on any atom is 2.00 e. The van der Waals surface area contributed by atoms with Gasteiger partial charge in [0.05, 0.1) is 0 Å². The molecule has 0 aliphatic heterocycles. The van der Waals surface area contributed by atoms with Gasteiger partial charge < -0.3 is 12.7 Å². The minimum Gasteiger partial charge on any atom is -0.483 e. The predicted molar refractivity (Wildman–Crippen MR) is 39.4 cm³/mol. The first-order chi connectivity index (χ1) is 4.27. The first-order valence-corrected chi connectivity index (χ1v) is 3.66. The van der Waals surface area contributed by atoms with Crippen LogP contribution in [0.25, 0.3) is 0 Å². The van der Waals surface area contributed by atoms with Gasteiger partial charge in [-0.3, -0.25) is 6.54 Å². The Bertz CT molecular complexity index is 87.3. The Morgan fingerprint density at radius 1 is 1.40 bits per heavy atom. The average Bonchev–Trinajstić information content (AvgIpc) is 2.16. The van der Waals surface area contributed by atoms with Crippen LogP contribution in [0.2, 0.25) is 0 Å². The summed E-state index contributed by atoms with van der Waals surface area (Å²) in [5, 5.41) is 0. The predicted octanol–water partition coefficient (Wildman–Crippen LogP) is 1.89. The average molecular weight is 309 g/mol. The molecule has 0 bridgehead atoms. The molecule has 1 aliphatic carbocycles. The molecule has 0 heterocycles. The molecule has 10 heavy (non-hydrogen) atoms. The smallest absolute Gasteiger partial charge is 0.483 e. The minimum absolute atomic E-state index is 0. The van der Waals surface area contributed by atoms with Gasteiger partial charge in [0.2, 0.25) is 0 Å². The van der Waals surface area contributed by atoms with Crippen molar-refractivity contribution in [2.75, 3.05) is 0 Å². The summed E-state index contributed by atoms with van der Waals surface area (Å²) in [7, 11) is 0. The molecule has 0 spiro atoms. The maximum absolute atomic E-state index is 5.33. The first-order valence-electron chi connectivity index (χ1n) is 3.66. The van der Waals surface area contributed by atoms with Crippen molar-refractivity contribution in [1.82, 2.24) is 0 Å². The summed E-state index contributed by atoms with van der Waals surface area (Å²) in [5.41, 5.74) is 5.64. The van der Waals surface area contributed by atoms with Gasteiger partial charge >= 0.3 is 21.1 Å². The second kappa shape index (κ2) is 4.51. The van der Waals surface area contributed by atoms with E-state index in [1.54, 1.807) is 6.54 Å². The number of nitrogens with two attached hydrogens (primary N) is 1. The van der Waals surface area contributed by atoms with Crippen LogP contribution in [0.15, 0.2) is 0 Å². The molecule has 0 aromatic heterocycles. The summed E-state index contributed by atoms with van der Waals surface area (Å²) in [4.78, 5) is 0. The van der Waals surface area contributed by atoms with Gasteiger partial charge in [-0.05, 0) is 0 Å². The fourth-order valence-electron chi connectivity index (χ4n) is 1.58. The van der Waals surface area contributed by atoms with Gasteiger partial charge in [-0.25, -0.2) is 0 Å². The molecule has 2 N–H and O–H groups in total. The fraction of sp³-hybridized carbons (Fsp3) is 0.750. The molecule has 0 amide bonds. The quantitative estimate of drug-likeness (QED) is 0.775. The Morgan fingerprint density at radius 2 is 1.90 bits per heavy atom. The van der Waals surface area contributed by atoms with Crippen LogP contribution in [0.3, 0.4) is 0 Å². The Morgan fingerprint density at radius 3 is 2.30 bits per heavy atom. The minimum atomic E-state index is 0. The largest absolute Gasteiger partial charge is 2.00 e. The van der Waals surface area contributed by atoms with Crippen molar-refractivity contribution in [2.24, 2.45) is 11.1 Å². The standard InChI is InChI=1S/C8H15N.W/c1-8(6-7-9)4-2-3-5-8;/h7H,1-6,9H2;/q-2;+2. The SMILES string of the molecule is [CH2-]C1(C[CH-]N)CCCC1.[W+2]. The summed E-state index contributed by atoms with van der Waals surface area (Å²) in [6.07, 6.45) is 6.21. The molecule has 0 unspecified atom stereocenters. The molecule has 0 aromatic carbocycles. The van der Waals surface area contributed by atoms with Gasteiger partial charge in [-0.15, -0.1) is 0 Å². The molecule has 0 saturated heterocycles. The van der Waals surface area contributed by atoms with E-state index in [9.17, 15) is 0 Å². The fourth-order valence-corrected chi connectivity index (χ4v) is 1.58. The van der Waals surface area contributed by atoms with Gasteiger partial charge in [0.25, 0.3) is 0 Å². The third kappa shape index (κ3) is 2.72. The van der Waals surface area contributed by atoms with Crippen LogP contribution >= 0.6 is 0 Å². The number of hydrogen-bond acceptors (Lipinski definition) is 1. The van der Waals surface area contributed by atoms with Crippen LogP contribution in [-0.4, -0.2) is 0 Å². The summed E-state index contributed by atoms with van der Waals surface area (Å²) in [5.74, 6) is 0. The Labute approximate surface area is 78.0 Å². The topological polar surface area (TPSA) is 26.0 Å². The zero-order valence-corrected chi connectivity index (χ0v) is 9.24. The van der Waals surface area contributed by atoms with Crippen molar-refractivity contribution < 1.29 is 21.1 Å². The second-order valence-electron chi connectivity index (χ2n) is 3.15. The van der Waals surface area contributed by atoms with E-state index in [1.165, 1.54) is 25.7 Å². The molecule has 1 nitrogen and oxygen atoms in total. The van der Waals surface area contributed by atoms with Crippen LogP contribution in [-0.2, 0) is 21.1 Å². The normalized spacial score (nSPS) is 22.2. The molecule has 1 saturated carbocycles. The van der Waals surface area contributed by atoms with E-state index >= 15 is 0 Å². The van der Waals surface area contributed by atoms with Crippen LogP contribution in [0, 0.1) is 18.9 Å². The van der Waals surface area contributed by atoms with E-state index in [1.807, 2.05) is 0 Å². The van der Waals surface area contributed by atoms with Crippen LogP contribution in [0.5, 0.6) is 0 Å². The van der Waals surface area contributed by atoms with Crippen molar-refractivity contribution in [3.8, 4) is 0 Å². The van der Waals surface area contributed by atoms with E-state index in [0.717, 1.165) is 6.42 Å². The molecule has 58 valence electrons. The van der Waals surface area contributed by atoms with Crippen LogP contribution in [0.4, 0.5) is 0 Å². The second-order valence-corrected chi connectivity index (χ2v) is 3.15. The van der Waals surface area contributed by atoms with E-state index < -0.39 is 0 Å².